The van der Waals surface area contributed by atoms with Crippen LogP contribution in [0.2, 0.25) is 0 Å². The molecule has 2 bridgehead atoms. The van der Waals surface area contributed by atoms with Crippen molar-refractivity contribution in [1.82, 2.24) is 4.90 Å². The van der Waals surface area contributed by atoms with Crippen LogP contribution in [-0.2, 0) is 25.5 Å². The average Bonchev–Trinajstić information content (AvgIpc) is 3.49. The molecule has 5 rings (SSSR count). The molecule has 2 amide bonds. The third-order valence-electron chi connectivity index (χ3n) is 8.18. The summed E-state index contributed by atoms with van der Waals surface area (Å²) in [6.07, 6.45) is 0.967. The molecule has 0 aliphatic carbocycles. The van der Waals surface area contributed by atoms with Crippen molar-refractivity contribution < 1.29 is 24.2 Å². The van der Waals surface area contributed by atoms with Crippen LogP contribution in [0.1, 0.15) is 30.0 Å². The lowest BCUT2D eigenvalue weighted by atomic mass is 9.71. The molecule has 3 aliphatic heterocycles. The summed E-state index contributed by atoms with van der Waals surface area (Å²) in [5, 5.41) is 13.5. The molecule has 3 saturated heterocycles. The second-order valence-corrected chi connectivity index (χ2v) is 13.2. The van der Waals surface area contributed by atoms with E-state index in [9.17, 15) is 19.5 Å². The van der Waals surface area contributed by atoms with Crippen molar-refractivity contribution in [3.05, 3.63) is 65.2 Å². The predicted octanol–water partition coefficient (Wildman–Crippen LogP) is 3.87. The Bertz CT molecular complexity index is 1220. The van der Waals surface area contributed by atoms with Crippen LogP contribution < -0.4 is 5.32 Å². The van der Waals surface area contributed by atoms with E-state index in [0.717, 1.165) is 22.4 Å². The summed E-state index contributed by atoms with van der Waals surface area (Å²) in [6, 6.07) is 14.0. The number of thioether (sulfide) groups is 1. The summed E-state index contributed by atoms with van der Waals surface area (Å²) in [5.74, 6) is -2.28. The molecule has 0 radical (unpaired) electrons. The molecule has 3 fully saturated rings. The standard InChI is InChI=1S/C29H33BrN2O5S/c1-4-37-28(36)21-22-27(35)32(19(15-33)13-18-11-6-5-7-12-18)25(29(22)14-20(30)24(21)38-29)26(34)31-23-16(2)9-8-10-17(23)3/h5-12,19-22,24-25,33H,4,13-15H2,1-3H3,(H,31,34)/t19-,20?,21+,22+,24+,25?,29?/m1/s1. The fourth-order valence-electron chi connectivity index (χ4n) is 6.61. The van der Waals surface area contributed by atoms with Crippen molar-refractivity contribution in [2.75, 3.05) is 18.5 Å². The number of amides is 2. The van der Waals surface area contributed by atoms with Gasteiger partial charge < -0.3 is 20.1 Å². The van der Waals surface area contributed by atoms with Gasteiger partial charge in [-0.25, -0.2) is 0 Å². The topological polar surface area (TPSA) is 95.9 Å². The van der Waals surface area contributed by atoms with Crippen LogP contribution >= 0.6 is 27.7 Å². The molecule has 2 aromatic carbocycles. The van der Waals surface area contributed by atoms with Crippen molar-refractivity contribution in [2.24, 2.45) is 11.8 Å². The van der Waals surface area contributed by atoms with Crippen LogP contribution in [-0.4, -0.2) is 67.9 Å². The molecule has 7 nitrogen and oxygen atoms in total. The lowest BCUT2D eigenvalue weighted by molar-refractivity contribution is -0.154. The molecule has 2 aromatic rings. The highest BCUT2D eigenvalue weighted by Crippen LogP contribution is 2.68. The van der Waals surface area contributed by atoms with Gasteiger partial charge in [-0.15, -0.1) is 11.8 Å². The number of carbonyl (C=O) groups is 3. The number of esters is 1. The van der Waals surface area contributed by atoms with Crippen molar-refractivity contribution in [3.63, 3.8) is 0 Å². The maximum Gasteiger partial charge on any atom is 0.310 e. The number of hydrogen-bond acceptors (Lipinski definition) is 6. The molecule has 202 valence electrons. The van der Waals surface area contributed by atoms with Gasteiger partial charge in [-0.1, -0.05) is 64.5 Å². The van der Waals surface area contributed by atoms with E-state index < -0.39 is 34.6 Å². The van der Waals surface area contributed by atoms with Gasteiger partial charge in [-0.05, 0) is 50.3 Å². The summed E-state index contributed by atoms with van der Waals surface area (Å²) >= 11 is 5.33. The van der Waals surface area contributed by atoms with Crippen molar-refractivity contribution in [3.8, 4) is 0 Å². The van der Waals surface area contributed by atoms with Gasteiger partial charge in [0, 0.05) is 15.8 Å². The van der Waals surface area contributed by atoms with Gasteiger partial charge in [-0.2, -0.15) is 0 Å². The Hall–Kier alpha value is -2.36. The largest absolute Gasteiger partial charge is 0.466 e. The second-order valence-electron chi connectivity index (χ2n) is 10.4. The first-order valence-electron chi connectivity index (χ1n) is 13.1. The molecule has 7 atom stereocenters. The first-order chi connectivity index (χ1) is 18.2. The molecule has 3 unspecified atom stereocenters. The monoisotopic (exact) mass is 600 g/mol. The van der Waals surface area contributed by atoms with Crippen molar-refractivity contribution in [2.45, 2.75) is 60.5 Å². The molecule has 0 aromatic heterocycles. The average molecular weight is 602 g/mol. The summed E-state index contributed by atoms with van der Waals surface area (Å²) < 4.78 is 4.62. The summed E-state index contributed by atoms with van der Waals surface area (Å²) in [6.45, 7) is 5.56. The molecule has 0 saturated carbocycles. The molecular formula is C29H33BrN2O5S. The Morgan fingerprint density at radius 2 is 1.87 bits per heavy atom. The van der Waals surface area contributed by atoms with Gasteiger partial charge in [0.1, 0.15) is 6.04 Å². The molecule has 9 heteroatoms. The van der Waals surface area contributed by atoms with E-state index in [0.29, 0.717) is 12.8 Å². The number of carbonyl (C=O) groups excluding carboxylic acids is 3. The van der Waals surface area contributed by atoms with Gasteiger partial charge in [-0.3, -0.25) is 14.4 Å². The SMILES string of the molecule is CCOC(=O)[C@H]1[C@H]2C(=O)N([C@@H](CO)Cc3ccccc3)C(C(=O)Nc3c(C)cccc3C)C23CC(Br)[C@@H]1S3. The third kappa shape index (κ3) is 4.36. The second kappa shape index (κ2) is 10.7. The molecule has 3 aliphatic rings. The van der Waals surface area contributed by atoms with E-state index in [-0.39, 0.29) is 35.1 Å². The number of aliphatic hydroxyl groups excluding tert-OH is 1. The highest BCUT2D eigenvalue weighted by atomic mass is 79.9. The van der Waals surface area contributed by atoms with Crippen molar-refractivity contribution >= 4 is 51.2 Å². The van der Waals surface area contributed by atoms with Crippen LogP contribution in [0.15, 0.2) is 48.5 Å². The minimum Gasteiger partial charge on any atom is -0.466 e. The van der Waals surface area contributed by atoms with Gasteiger partial charge in [0.05, 0.1) is 35.8 Å². The molecule has 1 spiro atoms. The van der Waals surface area contributed by atoms with Crippen LogP contribution in [0.3, 0.4) is 0 Å². The van der Waals surface area contributed by atoms with Gasteiger partial charge in [0.25, 0.3) is 0 Å². The van der Waals surface area contributed by atoms with E-state index in [1.54, 1.807) is 23.6 Å². The number of nitrogens with zero attached hydrogens (tertiary/aromatic N) is 1. The van der Waals surface area contributed by atoms with E-state index in [4.69, 9.17) is 4.74 Å². The van der Waals surface area contributed by atoms with Crippen LogP contribution in [0.5, 0.6) is 0 Å². The molecular weight excluding hydrogens is 568 g/mol. The number of aryl methyl sites for hydroxylation is 2. The first kappa shape index (κ1) is 27.2. The maximum absolute atomic E-state index is 14.3. The van der Waals surface area contributed by atoms with E-state index in [2.05, 4.69) is 21.2 Å². The number of alkyl halides is 1. The Balaban J connectivity index is 1.58. The molecule has 38 heavy (non-hydrogen) atoms. The number of halogens is 1. The van der Waals surface area contributed by atoms with Gasteiger partial charge in [0.15, 0.2) is 0 Å². The number of nitrogens with one attached hydrogen (secondary N) is 1. The maximum atomic E-state index is 14.3. The highest BCUT2D eigenvalue weighted by Gasteiger charge is 2.76. The van der Waals surface area contributed by atoms with E-state index in [1.807, 2.05) is 62.4 Å². The van der Waals surface area contributed by atoms with Crippen LogP contribution in [0.25, 0.3) is 0 Å². The number of para-hydroxylation sites is 1. The fourth-order valence-corrected chi connectivity index (χ4v) is 10.2. The zero-order valence-electron chi connectivity index (χ0n) is 21.7. The Labute approximate surface area is 235 Å². The zero-order valence-corrected chi connectivity index (χ0v) is 24.1. The lowest BCUT2D eigenvalue weighted by Gasteiger charge is -2.37. The Kier molecular flexibility index (Phi) is 7.64. The van der Waals surface area contributed by atoms with Crippen LogP contribution in [0, 0.1) is 25.7 Å². The summed E-state index contributed by atoms with van der Waals surface area (Å²) in [4.78, 5) is 43.3. The smallest absolute Gasteiger partial charge is 0.310 e. The number of ether oxygens (including phenoxy) is 1. The minimum atomic E-state index is -0.852. The third-order valence-corrected chi connectivity index (χ3v) is 11.4. The minimum absolute atomic E-state index is 0.0388. The summed E-state index contributed by atoms with van der Waals surface area (Å²) in [7, 11) is 0. The van der Waals surface area contributed by atoms with Crippen molar-refractivity contribution in [1.29, 1.82) is 0 Å². The van der Waals surface area contributed by atoms with Gasteiger partial charge in [0.2, 0.25) is 11.8 Å². The van der Waals surface area contributed by atoms with E-state index in [1.165, 1.54) is 0 Å². The predicted molar refractivity (Wildman–Crippen MR) is 151 cm³/mol. The molecule has 2 N–H and O–H groups in total. The molecule has 3 heterocycles. The highest BCUT2D eigenvalue weighted by molar-refractivity contribution is 9.09. The normalized spacial score (nSPS) is 30.3. The summed E-state index contributed by atoms with van der Waals surface area (Å²) in [5.41, 5.74) is 3.54. The Morgan fingerprint density at radius 3 is 2.50 bits per heavy atom. The number of hydrogen-bond donors (Lipinski definition) is 2. The Morgan fingerprint density at radius 1 is 1.18 bits per heavy atom. The number of rotatable bonds is 8. The number of benzene rings is 2. The zero-order chi connectivity index (χ0) is 27.2. The lowest BCUT2D eigenvalue weighted by Crippen LogP contribution is -2.55. The number of aliphatic hydroxyl groups is 1. The van der Waals surface area contributed by atoms with E-state index >= 15 is 0 Å². The quantitative estimate of drug-likeness (QED) is 0.353. The number of anilines is 1. The van der Waals surface area contributed by atoms with Crippen LogP contribution in [0.4, 0.5) is 5.69 Å². The number of likely N-dealkylation sites (tertiary alicyclic amines) is 1. The van der Waals surface area contributed by atoms with Gasteiger partial charge >= 0.3 is 5.97 Å². The number of fused-ring (bicyclic) bond motifs is 1. The fraction of sp³-hybridized carbons (Fsp3) is 0.483. The first-order valence-corrected chi connectivity index (χ1v) is 14.9.